The quantitative estimate of drug-likeness (QED) is 0.249. The van der Waals surface area contributed by atoms with Gasteiger partial charge in [0.2, 0.25) is 0 Å². The van der Waals surface area contributed by atoms with Gasteiger partial charge in [-0.3, -0.25) is 4.79 Å². The third-order valence-electron chi connectivity index (χ3n) is 5.26. The molecule has 34 heavy (non-hydrogen) atoms. The minimum absolute atomic E-state index is 0.00542. The molecule has 0 saturated carbocycles. The normalized spacial score (nSPS) is 11.7. The van der Waals surface area contributed by atoms with Crippen LogP contribution < -0.4 is 5.32 Å². The van der Waals surface area contributed by atoms with Crippen LogP contribution in [0, 0.1) is 0 Å². The molecule has 2 N–H and O–H groups in total. The Bertz CT molecular complexity index is 1480. The van der Waals surface area contributed by atoms with Crippen LogP contribution in [0.25, 0.3) is 31.0 Å². The minimum atomic E-state index is -4.52. The van der Waals surface area contributed by atoms with Gasteiger partial charge in [-0.05, 0) is 41.8 Å². The average Bonchev–Trinajstić information content (AvgIpc) is 3.57. The second kappa shape index (κ2) is 8.90. The van der Waals surface area contributed by atoms with Crippen molar-refractivity contribution in [2.45, 2.75) is 12.7 Å². The lowest BCUT2D eigenvalue weighted by atomic mass is 10.0. The van der Waals surface area contributed by atoms with Gasteiger partial charge in [0.25, 0.3) is 5.91 Å². The maximum Gasteiger partial charge on any atom is 0.416 e. The van der Waals surface area contributed by atoms with Crippen molar-refractivity contribution in [1.29, 1.82) is 0 Å². The number of aromatic hydroxyl groups is 1. The molecule has 172 valence electrons. The number of benzene rings is 2. The van der Waals surface area contributed by atoms with Gasteiger partial charge in [-0.15, -0.1) is 34.0 Å². The average molecular weight is 516 g/mol. The fourth-order valence-electron chi connectivity index (χ4n) is 3.62. The zero-order valence-corrected chi connectivity index (χ0v) is 19.8. The molecule has 5 aromatic rings. The monoisotopic (exact) mass is 515 g/mol. The van der Waals surface area contributed by atoms with Crippen LogP contribution in [0.2, 0.25) is 0 Å². The van der Waals surface area contributed by atoms with E-state index >= 15 is 0 Å². The first-order valence-corrected chi connectivity index (χ1v) is 12.7. The first-order chi connectivity index (χ1) is 16.3. The van der Waals surface area contributed by atoms with E-state index in [4.69, 9.17) is 0 Å². The molecule has 0 bridgehead atoms. The molecule has 0 aliphatic rings. The van der Waals surface area contributed by atoms with E-state index in [0.29, 0.717) is 4.70 Å². The van der Waals surface area contributed by atoms with Crippen molar-refractivity contribution in [1.82, 2.24) is 5.32 Å². The standard InChI is InChI=1S/C25H16F3NO2S3/c26-25(27,28)14-7-9-21-18(12-14)22(30)23(34-21)24(31)29-13-15-8-10-20(33-15)17-5-2-1-4-16(17)19-6-3-11-32-19/h1-12,30H,13H2,(H,29,31). The van der Waals surface area contributed by atoms with Crippen molar-refractivity contribution in [3.05, 3.63) is 87.4 Å². The number of carbonyl (C=O) groups is 1. The number of hydrogen-bond acceptors (Lipinski definition) is 5. The molecule has 0 radical (unpaired) electrons. The van der Waals surface area contributed by atoms with Crippen LogP contribution in [0.5, 0.6) is 5.75 Å². The first-order valence-electron chi connectivity index (χ1n) is 10.1. The summed E-state index contributed by atoms with van der Waals surface area (Å²) >= 11 is 4.19. The van der Waals surface area contributed by atoms with Crippen molar-refractivity contribution >= 4 is 50.0 Å². The van der Waals surface area contributed by atoms with Gasteiger partial charge in [-0.1, -0.05) is 30.3 Å². The fourth-order valence-corrected chi connectivity index (χ4v) is 6.37. The Morgan fingerprint density at radius 1 is 0.912 bits per heavy atom. The summed E-state index contributed by atoms with van der Waals surface area (Å²) in [5.74, 6) is -0.957. The van der Waals surface area contributed by atoms with Crippen molar-refractivity contribution in [3.63, 3.8) is 0 Å². The number of amides is 1. The van der Waals surface area contributed by atoms with Crippen LogP contribution in [-0.2, 0) is 12.7 Å². The van der Waals surface area contributed by atoms with E-state index in [1.807, 2.05) is 35.7 Å². The van der Waals surface area contributed by atoms with Crippen LogP contribution in [-0.4, -0.2) is 11.0 Å². The lowest BCUT2D eigenvalue weighted by Gasteiger charge is -2.06. The molecule has 0 unspecified atom stereocenters. The third kappa shape index (κ3) is 4.34. The molecule has 0 spiro atoms. The van der Waals surface area contributed by atoms with Crippen LogP contribution in [0.3, 0.4) is 0 Å². The molecule has 3 nitrogen and oxygen atoms in total. The molecule has 0 aliphatic carbocycles. The van der Waals surface area contributed by atoms with Crippen molar-refractivity contribution in [2.75, 3.05) is 0 Å². The minimum Gasteiger partial charge on any atom is -0.506 e. The maximum absolute atomic E-state index is 13.0. The second-order valence-electron chi connectivity index (χ2n) is 7.46. The summed E-state index contributed by atoms with van der Waals surface area (Å²) in [5, 5.41) is 15.2. The molecule has 0 saturated heterocycles. The Balaban J connectivity index is 1.34. The lowest BCUT2D eigenvalue weighted by Crippen LogP contribution is -2.21. The molecule has 0 atom stereocenters. The highest BCUT2D eigenvalue weighted by Gasteiger charge is 2.31. The van der Waals surface area contributed by atoms with Crippen LogP contribution in [0.1, 0.15) is 20.1 Å². The van der Waals surface area contributed by atoms with E-state index in [0.717, 1.165) is 44.4 Å². The van der Waals surface area contributed by atoms with Gasteiger partial charge in [0.15, 0.2) is 0 Å². The molecule has 0 fully saturated rings. The predicted octanol–water partition coefficient (Wildman–Crippen LogP) is 8.01. The highest BCUT2D eigenvalue weighted by atomic mass is 32.1. The summed E-state index contributed by atoms with van der Waals surface area (Å²) in [6.07, 6.45) is -4.52. The summed E-state index contributed by atoms with van der Waals surface area (Å²) < 4.78 is 39.4. The Morgan fingerprint density at radius 2 is 1.68 bits per heavy atom. The van der Waals surface area contributed by atoms with Crippen molar-refractivity contribution < 1.29 is 23.1 Å². The molecule has 5 rings (SSSR count). The van der Waals surface area contributed by atoms with Gasteiger partial charge in [0.1, 0.15) is 10.6 Å². The van der Waals surface area contributed by atoms with Gasteiger partial charge in [0, 0.05) is 35.8 Å². The number of alkyl halides is 3. The smallest absolute Gasteiger partial charge is 0.416 e. The highest BCUT2D eigenvalue weighted by molar-refractivity contribution is 7.21. The van der Waals surface area contributed by atoms with Crippen LogP contribution >= 0.6 is 34.0 Å². The zero-order valence-electron chi connectivity index (χ0n) is 17.3. The molecule has 2 aromatic carbocycles. The number of fused-ring (bicyclic) bond motifs is 1. The Hall–Kier alpha value is -3.14. The Kier molecular flexibility index (Phi) is 5.93. The van der Waals surface area contributed by atoms with E-state index in [9.17, 15) is 23.1 Å². The zero-order chi connectivity index (χ0) is 23.9. The fraction of sp³-hybridized carbons (Fsp3) is 0.0800. The van der Waals surface area contributed by atoms with Crippen molar-refractivity contribution in [2.24, 2.45) is 0 Å². The molecule has 9 heteroatoms. The summed E-state index contributed by atoms with van der Waals surface area (Å²) in [7, 11) is 0. The van der Waals surface area contributed by atoms with Gasteiger partial charge in [-0.2, -0.15) is 13.2 Å². The van der Waals surface area contributed by atoms with Gasteiger partial charge in [-0.25, -0.2) is 0 Å². The summed E-state index contributed by atoms with van der Waals surface area (Å²) in [4.78, 5) is 15.9. The Morgan fingerprint density at radius 3 is 2.38 bits per heavy atom. The maximum atomic E-state index is 13.0. The molecule has 3 aromatic heterocycles. The number of rotatable bonds is 5. The Labute approximate surface area is 204 Å². The number of thiophene rings is 3. The van der Waals surface area contributed by atoms with E-state index in [-0.39, 0.29) is 16.8 Å². The van der Waals surface area contributed by atoms with E-state index in [1.54, 1.807) is 22.7 Å². The van der Waals surface area contributed by atoms with E-state index in [2.05, 4.69) is 23.5 Å². The second-order valence-corrected chi connectivity index (χ2v) is 10.6. The molecule has 1 amide bonds. The summed E-state index contributed by atoms with van der Waals surface area (Å²) in [6.45, 7) is 0.242. The van der Waals surface area contributed by atoms with E-state index < -0.39 is 23.4 Å². The van der Waals surface area contributed by atoms with Gasteiger partial charge >= 0.3 is 6.18 Å². The number of carbonyl (C=O) groups excluding carboxylic acids is 1. The highest BCUT2D eigenvalue weighted by Crippen LogP contribution is 2.41. The SMILES string of the molecule is O=C(NCc1ccc(-c2ccccc2-c2cccs2)s1)c1sc2ccc(C(F)(F)F)cc2c1O. The van der Waals surface area contributed by atoms with Gasteiger partial charge < -0.3 is 10.4 Å². The summed E-state index contributed by atoms with van der Waals surface area (Å²) in [6, 6.07) is 19.3. The third-order valence-corrected chi connectivity index (χ3v) is 8.44. The predicted molar refractivity (Wildman–Crippen MR) is 133 cm³/mol. The number of halogens is 3. The number of hydrogen-bond donors (Lipinski definition) is 2. The van der Waals surface area contributed by atoms with Crippen LogP contribution in [0.15, 0.2) is 72.1 Å². The van der Waals surface area contributed by atoms with Crippen LogP contribution in [0.4, 0.5) is 13.2 Å². The van der Waals surface area contributed by atoms with Crippen molar-refractivity contribution in [3.8, 4) is 26.6 Å². The summed E-state index contributed by atoms with van der Waals surface area (Å²) in [5.41, 5.74) is 1.38. The first kappa shape index (κ1) is 22.6. The van der Waals surface area contributed by atoms with E-state index in [1.165, 1.54) is 10.9 Å². The lowest BCUT2D eigenvalue weighted by molar-refractivity contribution is -0.137. The molecule has 3 heterocycles. The van der Waals surface area contributed by atoms with Gasteiger partial charge in [0.05, 0.1) is 12.1 Å². The molecular formula is C25H16F3NO2S3. The topological polar surface area (TPSA) is 49.3 Å². The number of nitrogens with one attached hydrogen (secondary N) is 1. The largest absolute Gasteiger partial charge is 0.506 e. The molecular weight excluding hydrogens is 499 g/mol. The molecule has 0 aliphatic heterocycles.